The Morgan fingerprint density at radius 3 is 2.42 bits per heavy atom. The van der Waals surface area contributed by atoms with Gasteiger partial charge >= 0.3 is 6.03 Å². The number of carbonyl (C=O) groups excluding carboxylic acids is 1. The maximum atomic E-state index is 11.7. The maximum absolute atomic E-state index is 11.7. The molecule has 0 unspecified atom stereocenters. The van der Waals surface area contributed by atoms with E-state index in [0.29, 0.717) is 5.69 Å². The van der Waals surface area contributed by atoms with E-state index in [0.717, 1.165) is 5.56 Å². The largest absolute Gasteiger partial charge is 0.333 e. The van der Waals surface area contributed by atoms with Crippen molar-refractivity contribution < 1.29 is 13.2 Å². The third kappa shape index (κ3) is 3.84. The fraction of sp³-hybridized carbons (Fsp3) is 0.417. The Labute approximate surface area is 117 Å². The van der Waals surface area contributed by atoms with Crippen molar-refractivity contribution in [2.24, 2.45) is 0 Å². The molecule has 0 radical (unpaired) electrons. The summed E-state index contributed by atoms with van der Waals surface area (Å²) < 4.78 is 22.7. The third-order valence-corrected chi connectivity index (χ3v) is 5.28. The summed E-state index contributed by atoms with van der Waals surface area (Å²) in [4.78, 5) is 11.7. The van der Waals surface area contributed by atoms with Gasteiger partial charge in [0, 0.05) is 5.69 Å². The Balaban J connectivity index is 1.93. The summed E-state index contributed by atoms with van der Waals surface area (Å²) in [7, 11) is -3.14. The number of hydrogen-bond donors (Lipinski definition) is 2. The van der Waals surface area contributed by atoms with E-state index in [1.807, 2.05) is 19.1 Å². The molecule has 2 amide bonds. The van der Waals surface area contributed by atoms with Crippen molar-refractivity contribution in [3.05, 3.63) is 29.8 Å². The molecule has 104 valence electrons. The summed E-state index contributed by atoms with van der Waals surface area (Å²) in [6.45, 7) is 1.95. The fourth-order valence-electron chi connectivity index (χ4n) is 1.91. The highest BCUT2D eigenvalue weighted by Crippen LogP contribution is 2.18. The van der Waals surface area contributed by atoms with Crippen molar-refractivity contribution in [2.75, 3.05) is 16.8 Å². The molecular weight excluding hydrogens is 288 g/mol. The molecule has 1 aliphatic heterocycles. The van der Waals surface area contributed by atoms with Gasteiger partial charge in [0.25, 0.3) is 0 Å². The van der Waals surface area contributed by atoms with Crippen LogP contribution in [0.4, 0.5) is 10.5 Å². The molecule has 0 saturated carbocycles. The Kier molecular flexibility index (Phi) is 4.01. The Bertz CT molecular complexity index is 571. The summed E-state index contributed by atoms with van der Waals surface area (Å²) in [5, 5.41) is 4.65. The van der Waals surface area contributed by atoms with Gasteiger partial charge in [-0.15, -0.1) is 11.6 Å². The smallest absolute Gasteiger partial charge is 0.319 e. The summed E-state index contributed by atoms with van der Waals surface area (Å²) in [5.74, 6) is -0.202. The number of anilines is 1. The first-order valence-corrected chi connectivity index (χ1v) is 8.10. The highest BCUT2D eigenvalue weighted by atomic mass is 35.5. The van der Waals surface area contributed by atoms with Crippen LogP contribution in [0.3, 0.4) is 0 Å². The van der Waals surface area contributed by atoms with Gasteiger partial charge in [-0.2, -0.15) is 0 Å². The number of alkyl halides is 1. The van der Waals surface area contributed by atoms with Crippen LogP contribution in [0.25, 0.3) is 0 Å². The molecule has 1 heterocycles. The lowest BCUT2D eigenvalue weighted by molar-refractivity contribution is 0.249. The van der Waals surface area contributed by atoms with Gasteiger partial charge in [-0.05, 0) is 19.1 Å². The van der Waals surface area contributed by atoms with E-state index in [9.17, 15) is 13.2 Å². The SMILES string of the molecule is Cc1ccc(NC(=O)N[C@H]2CS(=O)(=O)C[C@H]2Cl)cc1. The first-order chi connectivity index (χ1) is 8.85. The molecule has 0 aromatic heterocycles. The molecule has 19 heavy (non-hydrogen) atoms. The maximum Gasteiger partial charge on any atom is 0.319 e. The van der Waals surface area contributed by atoms with Gasteiger partial charge in [0.15, 0.2) is 9.84 Å². The monoisotopic (exact) mass is 302 g/mol. The molecule has 0 aliphatic carbocycles. The first kappa shape index (κ1) is 14.1. The topological polar surface area (TPSA) is 75.3 Å². The van der Waals surface area contributed by atoms with Gasteiger partial charge in [-0.25, -0.2) is 13.2 Å². The standard InChI is InChI=1S/C12H15ClN2O3S/c1-8-2-4-9(5-3-8)14-12(16)15-11-7-19(17,18)6-10(11)13/h2-5,10-11H,6-7H2,1H3,(H2,14,15,16)/t10-,11+/m1/s1. The van der Waals surface area contributed by atoms with Crippen LogP contribution in [0.1, 0.15) is 5.56 Å². The number of carbonyl (C=O) groups is 1. The van der Waals surface area contributed by atoms with Crippen LogP contribution < -0.4 is 10.6 Å². The van der Waals surface area contributed by atoms with E-state index in [4.69, 9.17) is 11.6 Å². The van der Waals surface area contributed by atoms with Crippen LogP contribution in [-0.2, 0) is 9.84 Å². The molecule has 0 bridgehead atoms. The van der Waals surface area contributed by atoms with E-state index in [-0.39, 0.29) is 11.5 Å². The van der Waals surface area contributed by atoms with E-state index in [1.165, 1.54) is 0 Å². The number of hydrogen-bond acceptors (Lipinski definition) is 3. The van der Waals surface area contributed by atoms with E-state index in [2.05, 4.69) is 10.6 Å². The number of nitrogens with one attached hydrogen (secondary N) is 2. The van der Waals surface area contributed by atoms with Gasteiger partial charge in [0.2, 0.25) is 0 Å². The average Bonchev–Trinajstić information content (AvgIpc) is 2.55. The molecule has 0 spiro atoms. The summed E-state index contributed by atoms with van der Waals surface area (Å²) in [6.07, 6.45) is 0. The third-order valence-electron chi connectivity index (χ3n) is 2.91. The molecule has 2 atom stereocenters. The zero-order chi connectivity index (χ0) is 14.0. The van der Waals surface area contributed by atoms with Crippen molar-refractivity contribution >= 4 is 33.2 Å². The van der Waals surface area contributed by atoms with Crippen LogP contribution in [0, 0.1) is 6.92 Å². The Morgan fingerprint density at radius 2 is 1.89 bits per heavy atom. The molecule has 1 aromatic rings. The van der Waals surface area contributed by atoms with E-state index >= 15 is 0 Å². The molecule has 1 aliphatic rings. The summed E-state index contributed by atoms with van der Waals surface area (Å²) in [5.41, 5.74) is 1.74. The van der Waals surface area contributed by atoms with Gasteiger partial charge in [0.1, 0.15) is 0 Å². The van der Waals surface area contributed by atoms with Crippen LogP contribution in [0.5, 0.6) is 0 Å². The van der Waals surface area contributed by atoms with Crippen molar-refractivity contribution in [1.29, 1.82) is 0 Å². The van der Waals surface area contributed by atoms with Crippen molar-refractivity contribution in [1.82, 2.24) is 5.32 Å². The molecular formula is C12H15ClN2O3S. The quantitative estimate of drug-likeness (QED) is 0.813. The number of urea groups is 1. The molecule has 7 heteroatoms. The van der Waals surface area contributed by atoms with Crippen molar-refractivity contribution in [3.8, 4) is 0 Å². The minimum absolute atomic E-state index is 0.0932. The number of aryl methyl sites for hydroxylation is 1. The van der Waals surface area contributed by atoms with Crippen LogP contribution >= 0.6 is 11.6 Å². The molecule has 1 fully saturated rings. The number of benzene rings is 1. The second-order valence-electron chi connectivity index (χ2n) is 4.66. The molecule has 1 saturated heterocycles. The van der Waals surface area contributed by atoms with Gasteiger partial charge in [-0.3, -0.25) is 0 Å². The van der Waals surface area contributed by atoms with Crippen molar-refractivity contribution in [3.63, 3.8) is 0 Å². The number of amides is 2. The lowest BCUT2D eigenvalue weighted by Crippen LogP contribution is -2.42. The molecule has 5 nitrogen and oxygen atoms in total. The van der Waals surface area contributed by atoms with Crippen LogP contribution in [-0.4, -0.2) is 37.4 Å². The van der Waals surface area contributed by atoms with Crippen LogP contribution in [0.15, 0.2) is 24.3 Å². The fourth-order valence-corrected chi connectivity index (χ4v) is 4.46. The summed E-state index contributed by atoms with van der Waals surface area (Å²) >= 11 is 5.91. The first-order valence-electron chi connectivity index (χ1n) is 5.84. The van der Waals surface area contributed by atoms with E-state index in [1.54, 1.807) is 12.1 Å². The number of rotatable bonds is 2. The number of sulfone groups is 1. The van der Waals surface area contributed by atoms with Gasteiger partial charge in [0.05, 0.1) is 22.9 Å². The second-order valence-corrected chi connectivity index (χ2v) is 7.38. The summed E-state index contributed by atoms with van der Waals surface area (Å²) in [6, 6.07) is 6.31. The molecule has 2 N–H and O–H groups in total. The Morgan fingerprint density at radius 1 is 1.26 bits per heavy atom. The molecule has 2 rings (SSSR count). The highest BCUT2D eigenvalue weighted by molar-refractivity contribution is 7.91. The zero-order valence-corrected chi connectivity index (χ0v) is 12.0. The zero-order valence-electron chi connectivity index (χ0n) is 10.4. The minimum Gasteiger partial charge on any atom is -0.333 e. The van der Waals surface area contributed by atoms with Gasteiger partial charge in [-0.1, -0.05) is 17.7 Å². The predicted molar refractivity (Wildman–Crippen MR) is 75.4 cm³/mol. The van der Waals surface area contributed by atoms with Crippen molar-refractivity contribution in [2.45, 2.75) is 18.3 Å². The lowest BCUT2D eigenvalue weighted by atomic mass is 10.2. The minimum atomic E-state index is -3.14. The lowest BCUT2D eigenvalue weighted by Gasteiger charge is -2.15. The second kappa shape index (κ2) is 5.38. The predicted octanol–water partition coefficient (Wildman–Crippen LogP) is 1.52. The molecule has 1 aromatic carbocycles. The normalized spacial score (nSPS) is 24.9. The van der Waals surface area contributed by atoms with Gasteiger partial charge < -0.3 is 10.6 Å². The van der Waals surface area contributed by atoms with Crippen LogP contribution in [0.2, 0.25) is 0 Å². The van der Waals surface area contributed by atoms with E-state index < -0.39 is 27.3 Å². The number of halogens is 1. The highest BCUT2D eigenvalue weighted by Gasteiger charge is 2.37. The average molecular weight is 303 g/mol. The Hall–Kier alpha value is -1.27.